The first-order valence-electron chi connectivity index (χ1n) is 3.60. The second-order valence-corrected chi connectivity index (χ2v) is 3.57. The lowest BCUT2D eigenvalue weighted by Crippen LogP contribution is -2.18. The van der Waals surface area contributed by atoms with Crippen LogP contribution >= 0.6 is 0 Å². The van der Waals surface area contributed by atoms with Crippen LogP contribution in [0.1, 0.15) is 6.92 Å². The van der Waals surface area contributed by atoms with Crippen molar-refractivity contribution < 1.29 is 14.8 Å². The van der Waals surface area contributed by atoms with E-state index < -0.39 is 7.12 Å². The zero-order valence-electron chi connectivity index (χ0n) is 5.95. The van der Waals surface area contributed by atoms with Gasteiger partial charge in [0.05, 0.1) is 6.61 Å². The maximum atomic E-state index is 8.86. The molecule has 2 fully saturated rings. The summed E-state index contributed by atoms with van der Waals surface area (Å²) in [5.41, 5.74) is 0.0775. The fourth-order valence-electron chi connectivity index (χ4n) is 2.15. The minimum Gasteiger partial charge on any atom is -0.427 e. The average molecular weight is 142 g/mol. The van der Waals surface area contributed by atoms with Crippen molar-refractivity contribution in [1.82, 2.24) is 0 Å². The minimum atomic E-state index is -1.14. The number of fused-ring (bicyclic) bond motifs is 1. The van der Waals surface area contributed by atoms with E-state index in [4.69, 9.17) is 14.8 Å². The Hall–Kier alpha value is -0.0551. The van der Waals surface area contributed by atoms with Crippen molar-refractivity contribution in [1.29, 1.82) is 0 Å². The Balaban J connectivity index is 2.08. The fraction of sp³-hybridized carbons (Fsp3) is 1.00. The Labute approximate surface area is 60.1 Å². The van der Waals surface area contributed by atoms with Gasteiger partial charge in [-0.1, -0.05) is 6.92 Å². The average Bonchev–Trinajstić information content (AvgIpc) is 2.22. The molecule has 0 spiro atoms. The summed E-state index contributed by atoms with van der Waals surface area (Å²) in [5, 5.41) is 17.7. The van der Waals surface area contributed by atoms with Gasteiger partial charge in [0.1, 0.15) is 0 Å². The summed E-state index contributed by atoms with van der Waals surface area (Å²) in [6.07, 6.45) is 0. The number of hydrogen-bond acceptors (Lipinski definition) is 3. The Kier molecular flexibility index (Phi) is 1.16. The molecule has 1 aliphatic heterocycles. The molecule has 1 heterocycles. The zero-order valence-corrected chi connectivity index (χ0v) is 5.95. The van der Waals surface area contributed by atoms with E-state index in [1.165, 1.54) is 0 Å². The largest absolute Gasteiger partial charge is 0.455 e. The molecule has 4 heteroatoms. The van der Waals surface area contributed by atoms with Gasteiger partial charge in [0.15, 0.2) is 0 Å². The number of hydrogen-bond donors (Lipinski definition) is 2. The van der Waals surface area contributed by atoms with Crippen molar-refractivity contribution in [2.75, 3.05) is 13.2 Å². The van der Waals surface area contributed by atoms with Gasteiger partial charge >= 0.3 is 7.12 Å². The van der Waals surface area contributed by atoms with Crippen molar-refractivity contribution in [3.05, 3.63) is 0 Å². The molecule has 0 unspecified atom stereocenters. The smallest absolute Gasteiger partial charge is 0.427 e. The molecule has 56 valence electrons. The normalized spacial score (nSPS) is 50.7. The third-order valence-corrected chi connectivity index (χ3v) is 2.96. The van der Waals surface area contributed by atoms with E-state index in [0.717, 1.165) is 0 Å². The topological polar surface area (TPSA) is 49.7 Å². The number of ether oxygens (including phenoxy) is 1. The van der Waals surface area contributed by atoms with Gasteiger partial charge in [-0.15, -0.1) is 0 Å². The van der Waals surface area contributed by atoms with Crippen LogP contribution in [0.25, 0.3) is 0 Å². The van der Waals surface area contributed by atoms with Crippen LogP contribution in [0.3, 0.4) is 0 Å². The minimum absolute atomic E-state index is 0.0706. The van der Waals surface area contributed by atoms with Gasteiger partial charge in [-0.3, -0.25) is 0 Å². The molecule has 0 aromatic rings. The van der Waals surface area contributed by atoms with Gasteiger partial charge in [0, 0.05) is 12.4 Å². The molecular formula is C6H11BO3. The van der Waals surface area contributed by atoms with Crippen LogP contribution in [-0.4, -0.2) is 30.4 Å². The highest BCUT2D eigenvalue weighted by atomic mass is 16.5. The Morgan fingerprint density at radius 1 is 1.60 bits per heavy atom. The van der Waals surface area contributed by atoms with Gasteiger partial charge in [0.2, 0.25) is 0 Å². The first kappa shape index (κ1) is 6.64. The molecule has 2 aliphatic rings. The molecule has 3 atom stereocenters. The highest BCUT2D eigenvalue weighted by Crippen LogP contribution is 2.67. The maximum Gasteiger partial charge on any atom is 0.455 e. The van der Waals surface area contributed by atoms with Crippen LogP contribution in [0.15, 0.2) is 0 Å². The van der Waals surface area contributed by atoms with Crippen LogP contribution in [0.5, 0.6) is 0 Å². The predicted octanol–water partition coefficient (Wildman–Crippen LogP) is -0.504. The van der Waals surface area contributed by atoms with E-state index >= 15 is 0 Å². The zero-order chi connectivity index (χ0) is 7.35. The summed E-state index contributed by atoms with van der Waals surface area (Å²) < 4.78 is 5.17. The molecule has 1 saturated carbocycles. The molecule has 3 nitrogen and oxygen atoms in total. The number of rotatable bonds is 1. The molecule has 0 aromatic heterocycles. The molecule has 2 N–H and O–H groups in total. The second kappa shape index (κ2) is 1.75. The lowest BCUT2D eigenvalue weighted by Gasteiger charge is -2.06. The molecule has 0 radical (unpaired) electrons. The van der Waals surface area contributed by atoms with Crippen molar-refractivity contribution in [2.45, 2.75) is 12.7 Å². The summed E-state index contributed by atoms with van der Waals surface area (Å²) in [6, 6.07) is 0. The lowest BCUT2D eigenvalue weighted by atomic mass is 9.78. The monoisotopic (exact) mass is 142 g/mol. The molecule has 0 bridgehead atoms. The van der Waals surface area contributed by atoms with Gasteiger partial charge in [-0.2, -0.15) is 0 Å². The molecule has 1 aliphatic carbocycles. The lowest BCUT2D eigenvalue weighted by molar-refractivity contribution is 0.146. The van der Waals surface area contributed by atoms with Gasteiger partial charge < -0.3 is 14.8 Å². The van der Waals surface area contributed by atoms with Gasteiger partial charge in [0.25, 0.3) is 0 Å². The van der Waals surface area contributed by atoms with Crippen molar-refractivity contribution in [2.24, 2.45) is 11.3 Å². The van der Waals surface area contributed by atoms with Gasteiger partial charge in [-0.25, -0.2) is 0 Å². The predicted molar refractivity (Wildman–Crippen MR) is 36.4 cm³/mol. The summed E-state index contributed by atoms with van der Waals surface area (Å²) in [5.74, 6) is 0.466. The van der Waals surface area contributed by atoms with E-state index in [0.29, 0.717) is 19.1 Å². The van der Waals surface area contributed by atoms with Crippen LogP contribution in [0.4, 0.5) is 0 Å². The second-order valence-electron chi connectivity index (χ2n) is 3.57. The Morgan fingerprint density at radius 3 is 2.60 bits per heavy atom. The van der Waals surface area contributed by atoms with Crippen LogP contribution in [0.2, 0.25) is 5.82 Å². The summed E-state index contributed by atoms with van der Waals surface area (Å²) in [6.45, 7) is 3.45. The van der Waals surface area contributed by atoms with Crippen molar-refractivity contribution >= 4 is 7.12 Å². The first-order chi connectivity index (χ1) is 4.66. The highest BCUT2D eigenvalue weighted by Gasteiger charge is 2.68. The maximum absolute atomic E-state index is 8.86. The van der Waals surface area contributed by atoms with Gasteiger partial charge in [-0.05, 0) is 11.3 Å². The van der Waals surface area contributed by atoms with E-state index in [1.54, 1.807) is 0 Å². The summed E-state index contributed by atoms with van der Waals surface area (Å²) in [4.78, 5) is 0. The third-order valence-electron chi connectivity index (χ3n) is 2.96. The molecular weight excluding hydrogens is 131 g/mol. The highest BCUT2D eigenvalue weighted by molar-refractivity contribution is 6.45. The Morgan fingerprint density at radius 2 is 2.30 bits per heavy atom. The summed E-state index contributed by atoms with van der Waals surface area (Å²) in [7, 11) is -1.14. The molecule has 0 amide bonds. The standard InChI is InChI=1S/C6H11BO3/c1-6-3-10-2-4(6)5(6)7(8)9/h4-5,8-9H,2-3H2,1H3/t4-,5+,6-/m0/s1. The van der Waals surface area contributed by atoms with E-state index in [-0.39, 0.29) is 11.2 Å². The summed E-state index contributed by atoms with van der Waals surface area (Å²) >= 11 is 0. The molecule has 1 saturated heterocycles. The van der Waals surface area contributed by atoms with E-state index in [9.17, 15) is 0 Å². The van der Waals surface area contributed by atoms with Crippen molar-refractivity contribution in [3.63, 3.8) is 0 Å². The SMILES string of the molecule is C[C@]12COC[C@H]1[C@H]2B(O)O. The first-order valence-corrected chi connectivity index (χ1v) is 3.60. The Bertz CT molecular complexity index is 161. The molecule has 2 rings (SSSR count). The molecule has 0 aromatic carbocycles. The van der Waals surface area contributed by atoms with Crippen LogP contribution in [0, 0.1) is 11.3 Å². The van der Waals surface area contributed by atoms with Crippen LogP contribution < -0.4 is 0 Å². The fourth-order valence-corrected chi connectivity index (χ4v) is 2.15. The van der Waals surface area contributed by atoms with E-state index in [2.05, 4.69) is 6.92 Å². The quantitative estimate of drug-likeness (QED) is 0.485. The van der Waals surface area contributed by atoms with Crippen molar-refractivity contribution in [3.8, 4) is 0 Å². The third kappa shape index (κ3) is 0.616. The molecule has 10 heavy (non-hydrogen) atoms. The van der Waals surface area contributed by atoms with Crippen LogP contribution in [-0.2, 0) is 4.74 Å². The van der Waals surface area contributed by atoms with E-state index in [1.807, 2.05) is 0 Å².